The molecule has 0 spiro atoms. The van der Waals surface area contributed by atoms with Gasteiger partial charge in [-0.3, -0.25) is 9.59 Å². The highest BCUT2D eigenvalue weighted by atomic mass is 35.5. The van der Waals surface area contributed by atoms with E-state index in [2.05, 4.69) is 0 Å². The number of aliphatic hydroxyl groups is 1. The molecule has 1 N–H and O–H groups in total. The average molecular weight is 494 g/mol. The maximum atomic E-state index is 13.2. The Bertz CT molecular complexity index is 1340. The van der Waals surface area contributed by atoms with Crippen LogP contribution in [-0.2, 0) is 22.6 Å². The normalized spacial score (nSPS) is 21.0. The molecule has 3 aromatic rings. The van der Waals surface area contributed by atoms with Crippen LogP contribution in [0.25, 0.3) is 5.76 Å². The molecule has 0 radical (unpaired) electrons. The van der Waals surface area contributed by atoms with Crippen molar-refractivity contribution < 1.29 is 19.4 Å². The highest BCUT2D eigenvalue weighted by molar-refractivity contribution is 6.46. The van der Waals surface area contributed by atoms with Crippen LogP contribution in [0.1, 0.15) is 35.2 Å². The second-order valence-electron chi connectivity index (χ2n) is 8.54. The zero-order valence-electron chi connectivity index (χ0n) is 18.3. The number of aliphatic hydroxyl groups excluding tert-OH is 1. The number of nitrogens with zero attached hydrogens (tertiary/aromatic N) is 1. The van der Waals surface area contributed by atoms with E-state index < -0.39 is 17.7 Å². The summed E-state index contributed by atoms with van der Waals surface area (Å²) in [4.78, 5) is 27.9. The number of Topliss-reactive ketones (excluding diaryl/α,β-unsaturated/α-hetero) is 1. The standard InChI is InChI=1S/C27H21Cl2NO4/c1-15-11-19-12-18(8-10-22(19)34-15)25(31)23-24(17-7-9-20(28)21(29)13-17)30(27(33)26(23)32)14-16-5-3-2-4-6-16/h2-10,12-13,15,24,31H,11,14H2,1H3/b25-23+/t15-,24-/m0/s1. The summed E-state index contributed by atoms with van der Waals surface area (Å²) < 4.78 is 5.75. The number of fused-ring (bicyclic) bond motifs is 1. The van der Waals surface area contributed by atoms with Crippen molar-refractivity contribution in [2.75, 3.05) is 0 Å². The monoisotopic (exact) mass is 493 g/mol. The molecule has 0 saturated carbocycles. The molecule has 2 heterocycles. The molecule has 5 rings (SSSR count). The molecule has 7 heteroatoms. The maximum absolute atomic E-state index is 13.2. The van der Waals surface area contributed by atoms with Crippen LogP contribution in [0.3, 0.4) is 0 Å². The molecule has 1 amide bonds. The number of carbonyl (C=O) groups is 2. The summed E-state index contributed by atoms with van der Waals surface area (Å²) in [7, 11) is 0. The fourth-order valence-electron chi connectivity index (χ4n) is 4.58. The summed E-state index contributed by atoms with van der Waals surface area (Å²) in [5, 5.41) is 12.0. The molecule has 0 aliphatic carbocycles. The van der Waals surface area contributed by atoms with Crippen LogP contribution in [-0.4, -0.2) is 27.8 Å². The van der Waals surface area contributed by atoms with E-state index in [9.17, 15) is 14.7 Å². The number of hydrogen-bond donors (Lipinski definition) is 1. The minimum absolute atomic E-state index is 0.0197. The Labute approximate surface area is 207 Å². The molecule has 5 nitrogen and oxygen atoms in total. The van der Waals surface area contributed by atoms with E-state index in [-0.39, 0.29) is 24.0 Å². The molecule has 2 aliphatic heterocycles. The molecule has 2 atom stereocenters. The Hall–Kier alpha value is -3.28. The van der Waals surface area contributed by atoms with Gasteiger partial charge in [0.2, 0.25) is 0 Å². The van der Waals surface area contributed by atoms with Crippen molar-refractivity contribution in [3.05, 3.63) is 105 Å². The number of amides is 1. The van der Waals surface area contributed by atoms with Crippen molar-refractivity contribution in [3.8, 4) is 5.75 Å². The van der Waals surface area contributed by atoms with Crippen LogP contribution in [0.15, 0.2) is 72.3 Å². The van der Waals surface area contributed by atoms with Crippen LogP contribution in [0.4, 0.5) is 0 Å². The quantitative estimate of drug-likeness (QED) is 0.277. The fraction of sp³-hybridized carbons (Fsp3) is 0.185. The second-order valence-corrected chi connectivity index (χ2v) is 9.36. The van der Waals surface area contributed by atoms with E-state index in [1.807, 2.05) is 43.3 Å². The smallest absolute Gasteiger partial charge is 0.295 e. The molecule has 0 aromatic heterocycles. The molecule has 0 bridgehead atoms. The van der Waals surface area contributed by atoms with E-state index in [0.717, 1.165) is 16.9 Å². The first kappa shape index (κ1) is 22.5. The van der Waals surface area contributed by atoms with Gasteiger partial charge < -0.3 is 14.7 Å². The lowest BCUT2D eigenvalue weighted by Gasteiger charge is -2.25. The topological polar surface area (TPSA) is 66.8 Å². The van der Waals surface area contributed by atoms with Crippen molar-refractivity contribution >= 4 is 40.7 Å². The molecule has 2 aliphatic rings. The molecule has 0 unspecified atom stereocenters. The minimum atomic E-state index is -0.821. The van der Waals surface area contributed by atoms with E-state index >= 15 is 0 Å². The zero-order chi connectivity index (χ0) is 24.0. The van der Waals surface area contributed by atoms with Crippen molar-refractivity contribution in [1.29, 1.82) is 0 Å². The van der Waals surface area contributed by atoms with Gasteiger partial charge in [-0.1, -0.05) is 59.6 Å². The summed E-state index contributed by atoms with van der Waals surface area (Å²) >= 11 is 12.4. The Morgan fingerprint density at radius 1 is 1.03 bits per heavy atom. The van der Waals surface area contributed by atoms with Gasteiger partial charge in [-0.05, 0) is 53.9 Å². The molecule has 1 fully saturated rings. The number of benzene rings is 3. The fourth-order valence-corrected chi connectivity index (χ4v) is 4.88. The van der Waals surface area contributed by atoms with Crippen LogP contribution >= 0.6 is 23.2 Å². The highest BCUT2D eigenvalue weighted by Gasteiger charge is 2.46. The summed E-state index contributed by atoms with van der Waals surface area (Å²) in [6.07, 6.45) is 0.745. The van der Waals surface area contributed by atoms with Gasteiger partial charge in [0.1, 0.15) is 17.6 Å². The molecular weight excluding hydrogens is 473 g/mol. The molecule has 1 saturated heterocycles. The Balaban J connectivity index is 1.65. The first-order valence-corrected chi connectivity index (χ1v) is 11.7. The van der Waals surface area contributed by atoms with Gasteiger partial charge in [0, 0.05) is 18.5 Å². The van der Waals surface area contributed by atoms with E-state index in [1.54, 1.807) is 30.3 Å². The summed E-state index contributed by atoms with van der Waals surface area (Å²) in [6.45, 7) is 2.17. The first-order valence-electron chi connectivity index (χ1n) is 10.9. The number of carbonyl (C=O) groups excluding carboxylic acids is 2. The van der Waals surface area contributed by atoms with Gasteiger partial charge in [0.15, 0.2) is 0 Å². The number of hydrogen-bond acceptors (Lipinski definition) is 4. The van der Waals surface area contributed by atoms with E-state index in [1.165, 1.54) is 4.90 Å². The first-order chi connectivity index (χ1) is 16.3. The summed E-state index contributed by atoms with van der Waals surface area (Å²) in [5.74, 6) is -0.892. The van der Waals surface area contributed by atoms with E-state index in [0.29, 0.717) is 27.6 Å². The lowest BCUT2D eigenvalue weighted by Crippen LogP contribution is -2.29. The van der Waals surface area contributed by atoms with Crippen LogP contribution in [0, 0.1) is 0 Å². The number of ketones is 1. The minimum Gasteiger partial charge on any atom is -0.507 e. The number of rotatable bonds is 4. The van der Waals surface area contributed by atoms with Gasteiger partial charge >= 0.3 is 0 Å². The number of ether oxygens (including phenoxy) is 1. The van der Waals surface area contributed by atoms with E-state index in [4.69, 9.17) is 27.9 Å². The molecular formula is C27H21Cl2NO4. The summed E-state index contributed by atoms with van der Waals surface area (Å²) in [6, 6.07) is 18.8. The van der Waals surface area contributed by atoms with Gasteiger partial charge in [-0.15, -0.1) is 0 Å². The SMILES string of the molecule is C[C@H]1Cc2cc(/C(O)=C3\C(=O)C(=O)N(Cc4ccccc4)[C@H]3c3ccc(Cl)c(Cl)c3)ccc2O1. The van der Waals surface area contributed by atoms with Crippen molar-refractivity contribution in [3.63, 3.8) is 0 Å². The van der Waals surface area contributed by atoms with Gasteiger partial charge in [-0.2, -0.15) is 0 Å². The van der Waals surface area contributed by atoms with Crippen molar-refractivity contribution in [2.45, 2.75) is 32.0 Å². The number of likely N-dealkylation sites (tertiary alicyclic amines) is 1. The molecule has 34 heavy (non-hydrogen) atoms. The Morgan fingerprint density at radius 3 is 2.53 bits per heavy atom. The molecule has 3 aromatic carbocycles. The van der Waals surface area contributed by atoms with Crippen LogP contribution < -0.4 is 4.74 Å². The second kappa shape index (κ2) is 8.82. The van der Waals surface area contributed by atoms with Crippen LogP contribution in [0.5, 0.6) is 5.75 Å². The third-order valence-electron chi connectivity index (χ3n) is 6.16. The number of halogens is 2. The maximum Gasteiger partial charge on any atom is 0.295 e. The van der Waals surface area contributed by atoms with Gasteiger partial charge in [0.05, 0.1) is 21.7 Å². The Kier molecular flexibility index (Phi) is 5.84. The Morgan fingerprint density at radius 2 is 1.79 bits per heavy atom. The third kappa shape index (κ3) is 3.95. The lowest BCUT2D eigenvalue weighted by molar-refractivity contribution is -0.140. The van der Waals surface area contributed by atoms with Crippen molar-refractivity contribution in [2.24, 2.45) is 0 Å². The van der Waals surface area contributed by atoms with Crippen LogP contribution in [0.2, 0.25) is 10.0 Å². The average Bonchev–Trinajstić information content (AvgIpc) is 3.32. The zero-order valence-corrected chi connectivity index (χ0v) is 19.8. The van der Waals surface area contributed by atoms with Gasteiger partial charge in [0.25, 0.3) is 11.7 Å². The predicted octanol–water partition coefficient (Wildman–Crippen LogP) is 5.94. The van der Waals surface area contributed by atoms with Gasteiger partial charge in [-0.25, -0.2) is 0 Å². The largest absolute Gasteiger partial charge is 0.507 e. The summed E-state index contributed by atoms with van der Waals surface area (Å²) in [5.41, 5.74) is 2.87. The predicted molar refractivity (Wildman–Crippen MR) is 131 cm³/mol. The third-order valence-corrected chi connectivity index (χ3v) is 6.90. The lowest BCUT2D eigenvalue weighted by atomic mass is 9.94. The highest BCUT2D eigenvalue weighted by Crippen LogP contribution is 2.42. The van der Waals surface area contributed by atoms with Crippen molar-refractivity contribution in [1.82, 2.24) is 4.90 Å². The molecule has 172 valence electrons.